The summed E-state index contributed by atoms with van der Waals surface area (Å²) >= 11 is 0. The number of nitrogens with zero attached hydrogens (tertiary/aromatic N) is 1. The fraction of sp³-hybridized carbons (Fsp3) is 0.469. The lowest BCUT2D eigenvalue weighted by atomic mass is 10.1. The van der Waals surface area contributed by atoms with Gasteiger partial charge in [0.25, 0.3) is 0 Å². The highest BCUT2D eigenvalue weighted by Gasteiger charge is 2.05. The molecule has 0 spiro atoms. The highest BCUT2D eigenvalue weighted by molar-refractivity contribution is 5.82. The van der Waals surface area contributed by atoms with Crippen LogP contribution in [0.2, 0.25) is 0 Å². The summed E-state index contributed by atoms with van der Waals surface area (Å²) in [6, 6.07) is 16.2. The Bertz CT molecular complexity index is 1080. The summed E-state index contributed by atoms with van der Waals surface area (Å²) in [5.41, 5.74) is 2.91. The second kappa shape index (κ2) is 15.9. The number of aromatic nitrogens is 1. The molecule has 0 saturated heterocycles. The van der Waals surface area contributed by atoms with Crippen LogP contribution >= 0.6 is 0 Å². The van der Waals surface area contributed by atoms with Gasteiger partial charge < -0.3 is 14.2 Å². The molecule has 4 nitrogen and oxygen atoms in total. The van der Waals surface area contributed by atoms with Crippen LogP contribution in [0, 0.1) is 0 Å². The molecule has 0 N–H and O–H groups in total. The molecule has 0 aliphatic rings. The number of pyridine rings is 1. The van der Waals surface area contributed by atoms with E-state index in [-0.39, 0.29) is 0 Å². The summed E-state index contributed by atoms with van der Waals surface area (Å²) in [7, 11) is 1.69. The van der Waals surface area contributed by atoms with Crippen molar-refractivity contribution >= 4 is 23.1 Å². The molecule has 3 rings (SSSR count). The molecule has 1 heterocycles. The molecule has 0 unspecified atom stereocenters. The molecule has 1 aromatic heterocycles. The van der Waals surface area contributed by atoms with Crippen molar-refractivity contribution in [3.05, 3.63) is 59.8 Å². The number of hydrogen-bond donors (Lipinski definition) is 0. The molecule has 194 valence electrons. The van der Waals surface area contributed by atoms with Gasteiger partial charge in [-0.3, -0.25) is 0 Å². The van der Waals surface area contributed by atoms with Gasteiger partial charge in [0.2, 0.25) is 0 Å². The summed E-state index contributed by atoms with van der Waals surface area (Å²) in [4.78, 5) is 4.75. The summed E-state index contributed by atoms with van der Waals surface area (Å²) < 4.78 is 17.2. The molecule has 0 atom stereocenters. The molecular formula is C32H43NO3. The van der Waals surface area contributed by atoms with Crippen molar-refractivity contribution in [2.75, 3.05) is 20.3 Å². The summed E-state index contributed by atoms with van der Waals surface area (Å²) in [5.74, 6) is 2.44. The van der Waals surface area contributed by atoms with Crippen LogP contribution in [0.5, 0.6) is 17.2 Å². The van der Waals surface area contributed by atoms with Crippen LogP contribution in [0.3, 0.4) is 0 Å². The highest BCUT2D eigenvalue weighted by Crippen LogP contribution is 2.29. The molecule has 0 aliphatic carbocycles. The lowest BCUT2D eigenvalue weighted by Crippen LogP contribution is -1.99. The van der Waals surface area contributed by atoms with Gasteiger partial charge in [-0.05, 0) is 61.4 Å². The fourth-order valence-corrected chi connectivity index (χ4v) is 4.33. The van der Waals surface area contributed by atoms with Crippen molar-refractivity contribution in [2.24, 2.45) is 0 Å². The maximum Gasteiger partial charge on any atom is 0.161 e. The van der Waals surface area contributed by atoms with Crippen molar-refractivity contribution in [1.29, 1.82) is 0 Å². The van der Waals surface area contributed by atoms with Crippen molar-refractivity contribution in [2.45, 2.75) is 78.1 Å². The normalized spacial score (nSPS) is 11.3. The quantitative estimate of drug-likeness (QED) is 0.177. The molecular weight excluding hydrogens is 446 g/mol. The number of benzene rings is 2. The Balaban J connectivity index is 1.45. The van der Waals surface area contributed by atoms with E-state index in [1.54, 1.807) is 7.11 Å². The maximum absolute atomic E-state index is 6.02. The van der Waals surface area contributed by atoms with Gasteiger partial charge in [-0.2, -0.15) is 0 Å². The Labute approximate surface area is 217 Å². The molecule has 0 amide bonds. The molecule has 2 aromatic carbocycles. The first-order valence-corrected chi connectivity index (χ1v) is 13.8. The fourth-order valence-electron chi connectivity index (χ4n) is 4.33. The minimum atomic E-state index is 0.659. The minimum Gasteiger partial charge on any atom is -0.494 e. The van der Waals surface area contributed by atoms with E-state index in [0.29, 0.717) is 6.61 Å². The number of ether oxygens (including phenoxy) is 3. The van der Waals surface area contributed by atoms with Crippen LogP contribution in [0.15, 0.2) is 48.5 Å². The summed E-state index contributed by atoms with van der Waals surface area (Å²) in [6.45, 7) is 5.65. The first kappa shape index (κ1) is 27.6. The molecule has 3 aromatic rings. The molecule has 0 aliphatic heterocycles. The third-order valence-electron chi connectivity index (χ3n) is 6.38. The van der Waals surface area contributed by atoms with E-state index in [0.717, 1.165) is 52.4 Å². The molecule has 0 fully saturated rings. The predicted octanol–water partition coefficient (Wildman–Crippen LogP) is 9.11. The zero-order chi connectivity index (χ0) is 25.4. The van der Waals surface area contributed by atoms with Gasteiger partial charge in [-0.25, -0.2) is 4.98 Å². The highest BCUT2D eigenvalue weighted by atomic mass is 16.5. The van der Waals surface area contributed by atoms with Gasteiger partial charge in [0.1, 0.15) is 5.75 Å². The van der Waals surface area contributed by atoms with E-state index in [9.17, 15) is 0 Å². The van der Waals surface area contributed by atoms with Gasteiger partial charge in [0.05, 0.1) is 31.5 Å². The zero-order valence-electron chi connectivity index (χ0n) is 22.4. The third-order valence-corrected chi connectivity index (χ3v) is 6.38. The average molecular weight is 490 g/mol. The van der Waals surface area contributed by atoms with Gasteiger partial charge in [0.15, 0.2) is 11.5 Å². The van der Waals surface area contributed by atoms with Crippen LogP contribution in [0.25, 0.3) is 23.1 Å². The first-order valence-electron chi connectivity index (χ1n) is 13.8. The van der Waals surface area contributed by atoms with Crippen molar-refractivity contribution in [3.8, 4) is 17.2 Å². The van der Waals surface area contributed by atoms with Gasteiger partial charge >= 0.3 is 0 Å². The number of fused-ring (bicyclic) bond motifs is 1. The summed E-state index contributed by atoms with van der Waals surface area (Å²) in [5, 5.41) is 1.07. The van der Waals surface area contributed by atoms with Gasteiger partial charge in [-0.1, -0.05) is 82.9 Å². The molecule has 0 saturated carbocycles. The lowest BCUT2D eigenvalue weighted by Gasteiger charge is -2.11. The number of rotatable bonds is 17. The van der Waals surface area contributed by atoms with Gasteiger partial charge in [0, 0.05) is 5.39 Å². The summed E-state index contributed by atoms with van der Waals surface area (Å²) in [6.07, 6.45) is 17.3. The molecule has 0 bridgehead atoms. The Morgan fingerprint density at radius 1 is 0.694 bits per heavy atom. The lowest BCUT2D eigenvalue weighted by molar-refractivity contribution is 0.284. The number of unbranched alkanes of at least 4 members (excludes halogenated alkanes) is 9. The number of hydrogen-bond acceptors (Lipinski definition) is 4. The van der Waals surface area contributed by atoms with E-state index < -0.39 is 0 Å². The standard InChI is InChI=1S/C32H43NO3/c1-4-6-7-8-9-10-11-12-13-14-23-36-31-22-16-26(24-32(31)34-3)15-18-28-19-17-27-25-29(35-5-2)20-21-30(27)33-28/h15-22,24-25H,4-14,23H2,1-3H3. The molecule has 36 heavy (non-hydrogen) atoms. The molecule has 0 radical (unpaired) electrons. The van der Waals surface area contributed by atoms with E-state index in [4.69, 9.17) is 19.2 Å². The van der Waals surface area contributed by atoms with Gasteiger partial charge in [-0.15, -0.1) is 0 Å². The minimum absolute atomic E-state index is 0.659. The Hall–Kier alpha value is -3.01. The second-order valence-corrected chi connectivity index (χ2v) is 9.30. The van der Waals surface area contributed by atoms with Crippen molar-refractivity contribution in [3.63, 3.8) is 0 Å². The molecule has 4 heteroatoms. The van der Waals surface area contributed by atoms with E-state index in [1.165, 1.54) is 57.8 Å². The first-order chi connectivity index (χ1) is 17.7. The largest absolute Gasteiger partial charge is 0.494 e. The average Bonchev–Trinajstić information content (AvgIpc) is 2.91. The Morgan fingerprint density at radius 2 is 1.44 bits per heavy atom. The van der Waals surface area contributed by atoms with Crippen LogP contribution in [-0.2, 0) is 0 Å². The monoisotopic (exact) mass is 489 g/mol. The van der Waals surface area contributed by atoms with Crippen LogP contribution < -0.4 is 14.2 Å². The van der Waals surface area contributed by atoms with Crippen LogP contribution in [0.4, 0.5) is 0 Å². The van der Waals surface area contributed by atoms with Crippen LogP contribution in [0.1, 0.15) is 89.3 Å². The number of methoxy groups -OCH3 is 1. The van der Waals surface area contributed by atoms with Crippen molar-refractivity contribution < 1.29 is 14.2 Å². The zero-order valence-corrected chi connectivity index (χ0v) is 22.4. The van der Waals surface area contributed by atoms with E-state index in [1.807, 2.05) is 49.4 Å². The maximum atomic E-state index is 6.02. The SMILES string of the molecule is CCCCCCCCCCCCOc1ccc(C=Cc2ccc3cc(OCC)ccc3n2)cc1OC. The smallest absolute Gasteiger partial charge is 0.161 e. The topological polar surface area (TPSA) is 40.6 Å². The van der Waals surface area contributed by atoms with Crippen LogP contribution in [-0.4, -0.2) is 25.3 Å². The van der Waals surface area contributed by atoms with Crippen molar-refractivity contribution in [1.82, 2.24) is 4.98 Å². The Morgan fingerprint density at radius 3 is 2.17 bits per heavy atom. The van der Waals surface area contributed by atoms with E-state index >= 15 is 0 Å². The predicted molar refractivity (Wildman–Crippen MR) is 152 cm³/mol. The Kier molecular flexibility index (Phi) is 12.2. The third kappa shape index (κ3) is 9.22. The van der Waals surface area contributed by atoms with E-state index in [2.05, 4.69) is 25.1 Å². The second-order valence-electron chi connectivity index (χ2n) is 9.30.